The van der Waals surface area contributed by atoms with E-state index in [1.165, 1.54) is 0 Å². The molecule has 2 nitrogen and oxygen atoms in total. The molecule has 0 amide bonds. The van der Waals surface area contributed by atoms with E-state index in [-0.39, 0.29) is 0 Å². The number of aliphatic hydroxyl groups excluding tert-OH is 1. The number of hydrogen-bond acceptors (Lipinski definition) is 2. The molecule has 0 aliphatic carbocycles. The lowest BCUT2D eigenvalue weighted by Gasteiger charge is -2.16. The summed E-state index contributed by atoms with van der Waals surface area (Å²) in [6, 6.07) is 4.93. The first-order chi connectivity index (χ1) is 6.02. The van der Waals surface area contributed by atoms with Crippen LogP contribution in [-0.4, -0.2) is 11.2 Å². The number of halogens is 2. The van der Waals surface area contributed by atoms with Gasteiger partial charge in [-0.05, 0) is 30.7 Å². The van der Waals surface area contributed by atoms with E-state index in [2.05, 4.69) is 15.9 Å². The molecule has 1 rings (SSSR count). The lowest BCUT2D eigenvalue weighted by Crippen LogP contribution is -2.23. The number of nitrogens with two attached hydrogens (primary N) is 1. The molecular formula is C9H11BrClNO. The Morgan fingerprint density at radius 2 is 2.15 bits per heavy atom. The predicted molar refractivity (Wildman–Crippen MR) is 57.8 cm³/mol. The molecular weight excluding hydrogens is 253 g/mol. The van der Waals surface area contributed by atoms with E-state index < -0.39 is 12.1 Å². The average Bonchev–Trinajstić information content (AvgIpc) is 2.08. The maximum Gasteiger partial charge on any atom is 0.0705 e. The maximum atomic E-state index is 9.30. The molecule has 1 unspecified atom stereocenters. The molecule has 0 fully saturated rings. The van der Waals surface area contributed by atoms with Crippen LogP contribution in [0.1, 0.15) is 18.5 Å². The van der Waals surface area contributed by atoms with Crippen LogP contribution in [0.4, 0.5) is 0 Å². The van der Waals surface area contributed by atoms with Gasteiger partial charge in [0.1, 0.15) is 0 Å². The summed E-state index contributed by atoms with van der Waals surface area (Å²) in [6.07, 6.45) is -0.588. The molecule has 72 valence electrons. The fourth-order valence-corrected chi connectivity index (χ4v) is 1.72. The van der Waals surface area contributed by atoms with Gasteiger partial charge < -0.3 is 10.8 Å². The third kappa shape index (κ3) is 2.68. The summed E-state index contributed by atoms with van der Waals surface area (Å²) >= 11 is 9.16. The Kier molecular flexibility index (Phi) is 3.74. The first kappa shape index (κ1) is 11.0. The van der Waals surface area contributed by atoms with Gasteiger partial charge in [-0.1, -0.05) is 27.5 Å². The molecule has 1 aromatic carbocycles. The zero-order chi connectivity index (χ0) is 10.0. The largest absolute Gasteiger partial charge is 0.391 e. The highest BCUT2D eigenvalue weighted by atomic mass is 79.9. The fraction of sp³-hybridized carbons (Fsp3) is 0.333. The van der Waals surface area contributed by atoms with E-state index in [4.69, 9.17) is 17.3 Å². The van der Waals surface area contributed by atoms with Crippen LogP contribution >= 0.6 is 27.5 Å². The molecule has 1 aromatic rings. The van der Waals surface area contributed by atoms with Crippen LogP contribution in [0.15, 0.2) is 22.7 Å². The van der Waals surface area contributed by atoms with Gasteiger partial charge in [0.25, 0.3) is 0 Å². The normalized spacial score (nSPS) is 15.5. The van der Waals surface area contributed by atoms with Crippen molar-refractivity contribution in [3.05, 3.63) is 33.3 Å². The second-order valence-electron chi connectivity index (χ2n) is 2.93. The predicted octanol–water partition coefficient (Wildman–Crippen LogP) is 2.48. The molecule has 0 aliphatic rings. The molecule has 0 aromatic heterocycles. The fourth-order valence-electron chi connectivity index (χ4n) is 1.03. The third-order valence-corrected chi connectivity index (χ3v) is 2.79. The van der Waals surface area contributed by atoms with Crippen LogP contribution in [0.5, 0.6) is 0 Å². The molecule has 0 aliphatic heterocycles. The van der Waals surface area contributed by atoms with Crippen LogP contribution in [0.25, 0.3) is 0 Å². The summed E-state index contributed by atoms with van der Waals surface area (Å²) < 4.78 is 0.866. The first-order valence-electron chi connectivity index (χ1n) is 3.91. The molecule has 0 bridgehead atoms. The molecule has 13 heavy (non-hydrogen) atoms. The molecule has 0 heterocycles. The summed E-state index contributed by atoms with van der Waals surface area (Å²) in [5, 5.41) is 9.92. The average molecular weight is 265 g/mol. The monoisotopic (exact) mass is 263 g/mol. The van der Waals surface area contributed by atoms with Crippen molar-refractivity contribution in [1.29, 1.82) is 0 Å². The summed E-state index contributed by atoms with van der Waals surface area (Å²) in [5.41, 5.74) is 6.59. The number of aliphatic hydroxyl groups is 1. The van der Waals surface area contributed by atoms with Crippen LogP contribution in [0.3, 0.4) is 0 Å². The van der Waals surface area contributed by atoms with E-state index in [0.29, 0.717) is 5.02 Å². The molecule has 0 saturated carbocycles. The van der Waals surface area contributed by atoms with Gasteiger partial charge >= 0.3 is 0 Å². The van der Waals surface area contributed by atoms with Gasteiger partial charge in [0.2, 0.25) is 0 Å². The molecule has 4 heteroatoms. The highest BCUT2D eigenvalue weighted by Gasteiger charge is 2.14. The van der Waals surface area contributed by atoms with E-state index in [0.717, 1.165) is 10.0 Å². The van der Waals surface area contributed by atoms with Crippen molar-refractivity contribution in [3.63, 3.8) is 0 Å². The highest BCUT2D eigenvalue weighted by molar-refractivity contribution is 9.10. The third-order valence-electron chi connectivity index (χ3n) is 1.84. The van der Waals surface area contributed by atoms with Crippen molar-refractivity contribution in [2.24, 2.45) is 5.73 Å². The Hall–Kier alpha value is -0.0900. The SMILES string of the molecule is CC(O)[C@H](N)c1cc(Cl)ccc1Br. The minimum Gasteiger partial charge on any atom is -0.391 e. The van der Waals surface area contributed by atoms with Crippen molar-refractivity contribution in [1.82, 2.24) is 0 Å². The Bertz CT molecular complexity index is 304. The summed E-state index contributed by atoms with van der Waals surface area (Å²) in [4.78, 5) is 0. The zero-order valence-electron chi connectivity index (χ0n) is 7.17. The topological polar surface area (TPSA) is 46.2 Å². The van der Waals surface area contributed by atoms with Gasteiger partial charge in [-0.15, -0.1) is 0 Å². The van der Waals surface area contributed by atoms with Gasteiger partial charge in [-0.25, -0.2) is 0 Å². The van der Waals surface area contributed by atoms with Crippen molar-refractivity contribution in [3.8, 4) is 0 Å². The zero-order valence-corrected chi connectivity index (χ0v) is 9.51. The van der Waals surface area contributed by atoms with Crippen LogP contribution in [0.2, 0.25) is 5.02 Å². The minimum absolute atomic E-state index is 0.409. The molecule has 0 spiro atoms. The van der Waals surface area contributed by atoms with Crippen molar-refractivity contribution < 1.29 is 5.11 Å². The quantitative estimate of drug-likeness (QED) is 0.862. The Labute approximate surface area is 90.8 Å². The molecule has 0 saturated heterocycles. The summed E-state index contributed by atoms with van der Waals surface area (Å²) in [5.74, 6) is 0. The second-order valence-corrected chi connectivity index (χ2v) is 4.22. The van der Waals surface area contributed by atoms with Gasteiger partial charge in [-0.3, -0.25) is 0 Å². The highest BCUT2D eigenvalue weighted by Crippen LogP contribution is 2.26. The Morgan fingerprint density at radius 3 is 2.69 bits per heavy atom. The number of benzene rings is 1. The second kappa shape index (κ2) is 4.42. The van der Waals surface area contributed by atoms with Crippen LogP contribution < -0.4 is 5.73 Å². The smallest absolute Gasteiger partial charge is 0.0705 e. The standard InChI is InChI=1S/C9H11BrClNO/c1-5(13)9(12)7-4-6(11)2-3-8(7)10/h2-5,9,13H,12H2,1H3/t5?,9-/m0/s1. The summed E-state index contributed by atoms with van der Waals surface area (Å²) in [7, 11) is 0. The van der Waals surface area contributed by atoms with Gasteiger partial charge in [0, 0.05) is 9.50 Å². The van der Waals surface area contributed by atoms with Crippen molar-refractivity contribution in [2.75, 3.05) is 0 Å². The Morgan fingerprint density at radius 1 is 1.54 bits per heavy atom. The molecule has 2 atom stereocenters. The molecule has 0 radical (unpaired) electrons. The van der Waals surface area contributed by atoms with Crippen molar-refractivity contribution >= 4 is 27.5 Å². The van der Waals surface area contributed by atoms with Crippen LogP contribution in [-0.2, 0) is 0 Å². The molecule has 3 N–H and O–H groups in total. The van der Waals surface area contributed by atoms with E-state index in [9.17, 15) is 5.11 Å². The Balaban J connectivity index is 3.05. The maximum absolute atomic E-state index is 9.30. The van der Waals surface area contributed by atoms with Gasteiger partial charge in [0.05, 0.1) is 12.1 Å². The lowest BCUT2D eigenvalue weighted by atomic mass is 10.0. The van der Waals surface area contributed by atoms with E-state index >= 15 is 0 Å². The van der Waals surface area contributed by atoms with E-state index in [1.807, 2.05) is 6.07 Å². The number of hydrogen-bond donors (Lipinski definition) is 2. The van der Waals surface area contributed by atoms with E-state index in [1.54, 1.807) is 19.1 Å². The van der Waals surface area contributed by atoms with Crippen molar-refractivity contribution in [2.45, 2.75) is 19.1 Å². The minimum atomic E-state index is -0.588. The first-order valence-corrected chi connectivity index (χ1v) is 5.08. The van der Waals surface area contributed by atoms with Crippen LogP contribution in [0, 0.1) is 0 Å². The number of rotatable bonds is 2. The van der Waals surface area contributed by atoms with Gasteiger partial charge in [0.15, 0.2) is 0 Å². The van der Waals surface area contributed by atoms with Gasteiger partial charge in [-0.2, -0.15) is 0 Å². The summed E-state index contributed by atoms with van der Waals surface area (Å²) in [6.45, 7) is 1.65. The lowest BCUT2D eigenvalue weighted by molar-refractivity contribution is 0.164.